The van der Waals surface area contributed by atoms with Gasteiger partial charge >= 0.3 is 41.6 Å². The molecule has 0 saturated heterocycles. The molecule has 0 bridgehead atoms. The zero-order valence-electron chi connectivity index (χ0n) is 18.7. The van der Waals surface area contributed by atoms with Crippen LogP contribution in [0.1, 0.15) is 23.6 Å². The molecule has 0 aliphatic rings. The summed E-state index contributed by atoms with van der Waals surface area (Å²) < 4.78 is 28.8. The topological polar surface area (TPSA) is 123 Å². The van der Waals surface area contributed by atoms with E-state index in [-0.39, 0.29) is 35.1 Å². The van der Waals surface area contributed by atoms with Gasteiger partial charge in [-0.2, -0.15) is 0 Å². The van der Waals surface area contributed by atoms with Crippen molar-refractivity contribution in [1.82, 2.24) is 9.88 Å². The van der Waals surface area contributed by atoms with Crippen LogP contribution in [-0.2, 0) is 11.8 Å². The molecule has 1 unspecified atom stereocenters. The second-order valence-corrected chi connectivity index (χ2v) is 7.42. The zero-order valence-corrected chi connectivity index (χ0v) is 20.7. The Morgan fingerprint density at radius 3 is 2.47 bits per heavy atom. The normalized spacial score (nSPS) is 11.3. The zero-order chi connectivity index (χ0) is 24.3. The average Bonchev–Trinajstić information content (AvgIpc) is 2.74. The maximum atomic E-state index is 14.3. The number of hydrogen-bond donors (Lipinski definition) is 3. The SMILES string of the molecule is Cc1ccc(C(CC(=O)O)NC(=O)Nc2c([O-])ccn(C)c2=O)cc1-c1ccc(F)cc1F.[Na+]. The molecular weight excluding hydrogens is 459 g/mol. The van der Waals surface area contributed by atoms with E-state index in [1.807, 2.05) is 0 Å². The third-order valence-corrected chi connectivity index (χ3v) is 5.04. The summed E-state index contributed by atoms with van der Waals surface area (Å²) in [6.45, 7) is 1.70. The van der Waals surface area contributed by atoms with Crippen molar-refractivity contribution in [3.8, 4) is 16.9 Å². The standard InChI is InChI=1S/C23H21F2N3O5.Na/c1-12-3-4-13(9-16(12)15-6-5-14(24)10-17(15)25)18(11-20(30)31)26-23(33)27-21-19(29)7-8-28(2)22(21)32;/h3-10,18,29H,11H2,1-2H3,(H,30,31)(H2,26,27,33);/q;+1/p-1. The molecule has 0 aliphatic carbocycles. The van der Waals surface area contributed by atoms with Crippen molar-refractivity contribution in [2.24, 2.45) is 7.05 Å². The number of rotatable bonds is 6. The number of nitrogens with one attached hydrogen (secondary N) is 2. The summed E-state index contributed by atoms with van der Waals surface area (Å²) >= 11 is 0. The Morgan fingerprint density at radius 1 is 1.12 bits per heavy atom. The van der Waals surface area contributed by atoms with Crippen LogP contribution in [0.5, 0.6) is 5.75 Å². The molecule has 2 amide bonds. The quantitative estimate of drug-likeness (QED) is 0.432. The second-order valence-electron chi connectivity index (χ2n) is 7.42. The van der Waals surface area contributed by atoms with Crippen molar-refractivity contribution >= 4 is 17.7 Å². The molecule has 1 aromatic heterocycles. The van der Waals surface area contributed by atoms with Gasteiger partial charge in [-0.1, -0.05) is 23.9 Å². The maximum absolute atomic E-state index is 14.3. The predicted octanol–water partition coefficient (Wildman–Crippen LogP) is 0.0540. The fourth-order valence-electron chi connectivity index (χ4n) is 3.32. The van der Waals surface area contributed by atoms with E-state index in [1.54, 1.807) is 19.1 Å². The Bertz CT molecular complexity index is 1300. The maximum Gasteiger partial charge on any atom is 1.00 e. The summed E-state index contributed by atoms with van der Waals surface area (Å²) in [5, 5.41) is 25.9. The van der Waals surface area contributed by atoms with Crippen LogP contribution in [0.15, 0.2) is 53.5 Å². The molecule has 0 radical (unpaired) electrons. The molecule has 3 N–H and O–H groups in total. The van der Waals surface area contributed by atoms with Gasteiger partial charge in [0, 0.05) is 24.9 Å². The van der Waals surface area contributed by atoms with Crippen molar-refractivity contribution in [1.29, 1.82) is 0 Å². The molecule has 0 aliphatic heterocycles. The van der Waals surface area contributed by atoms with Crippen molar-refractivity contribution in [2.45, 2.75) is 19.4 Å². The van der Waals surface area contributed by atoms with Crippen LogP contribution in [0.25, 0.3) is 11.1 Å². The predicted molar refractivity (Wildman–Crippen MR) is 115 cm³/mol. The minimum absolute atomic E-state index is 0. The first kappa shape index (κ1) is 27.0. The van der Waals surface area contributed by atoms with E-state index in [1.165, 1.54) is 25.4 Å². The Kier molecular flexibility index (Phi) is 8.97. The summed E-state index contributed by atoms with van der Waals surface area (Å²) in [5.74, 6) is -3.46. The smallest absolute Gasteiger partial charge is 0.871 e. The Balaban J connectivity index is 0.00000408. The van der Waals surface area contributed by atoms with E-state index >= 15 is 0 Å². The Morgan fingerprint density at radius 2 is 1.82 bits per heavy atom. The van der Waals surface area contributed by atoms with Gasteiger partial charge in [-0.05, 0) is 41.8 Å². The molecule has 34 heavy (non-hydrogen) atoms. The van der Waals surface area contributed by atoms with Crippen molar-refractivity contribution in [3.63, 3.8) is 0 Å². The van der Waals surface area contributed by atoms with Crippen molar-refractivity contribution in [2.75, 3.05) is 5.32 Å². The molecule has 0 spiro atoms. The molecule has 8 nitrogen and oxygen atoms in total. The number of pyridine rings is 1. The molecule has 1 heterocycles. The molecule has 0 saturated carbocycles. The molecule has 3 aromatic rings. The number of amides is 2. The minimum atomic E-state index is -1.23. The summed E-state index contributed by atoms with van der Waals surface area (Å²) in [7, 11) is 1.40. The van der Waals surface area contributed by atoms with E-state index < -0.39 is 53.1 Å². The van der Waals surface area contributed by atoms with E-state index in [0.717, 1.165) is 22.8 Å². The molecule has 172 valence electrons. The van der Waals surface area contributed by atoms with Crippen LogP contribution in [0.3, 0.4) is 0 Å². The number of carboxylic acids is 1. The monoisotopic (exact) mass is 479 g/mol. The number of anilines is 1. The Hall–Kier alpha value is -3.21. The molecule has 2 aromatic carbocycles. The number of aliphatic carboxylic acids is 1. The first-order valence-corrected chi connectivity index (χ1v) is 9.78. The number of aromatic nitrogens is 1. The number of benzene rings is 2. The third kappa shape index (κ3) is 6.22. The number of carbonyl (C=O) groups is 2. The van der Waals surface area contributed by atoms with Gasteiger partial charge in [0.15, 0.2) is 0 Å². The summed E-state index contributed by atoms with van der Waals surface area (Å²) in [5.41, 5.74) is 0.271. The number of nitrogens with zero attached hydrogens (tertiary/aromatic N) is 1. The van der Waals surface area contributed by atoms with Gasteiger partial charge in [0.05, 0.1) is 12.5 Å². The van der Waals surface area contributed by atoms with Gasteiger partial charge < -0.3 is 25.4 Å². The second kappa shape index (κ2) is 11.3. The van der Waals surface area contributed by atoms with Gasteiger partial charge in [0.2, 0.25) is 0 Å². The number of hydrogen-bond acceptors (Lipinski definition) is 4. The largest absolute Gasteiger partial charge is 1.00 e. The molecule has 3 rings (SSSR count). The first-order valence-electron chi connectivity index (χ1n) is 9.78. The first-order chi connectivity index (χ1) is 15.6. The van der Waals surface area contributed by atoms with Gasteiger partial charge in [-0.25, -0.2) is 13.6 Å². The van der Waals surface area contributed by atoms with Gasteiger partial charge in [-0.15, -0.1) is 0 Å². The van der Waals surface area contributed by atoms with E-state index in [4.69, 9.17) is 0 Å². The number of carboxylic acid groups (broad SMARTS) is 1. The molecule has 1 atom stereocenters. The molecule has 11 heteroatoms. The fourth-order valence-corrected chi connectivity index (χ4v) is 3.32. The number of halogens is 2. The summed E-state index contributed by atoms with van der Waals surface area (Å²) in [4.78, 5) is 36.0. The fraction of sp³-hybridized carbons (Fsp3) is 0.174. The van der Waals surface area contributed by atoms with Crippen LogP contribution in [0, 0.1) is 18.6 Å². The third-order valence-electron chi connectivity index (χ3n) is 5.04. The minimum Gasteiger partial charge on any atom is -0.871 e. The van der Waals surface area contributed by atoms with Crippen LogP contribution in [0.2, 0.25) is 0 Å². The average molecular weight is 479 g/mol. The summed E-state index contributed by atoms with van der Waals surface area (Å²) in [6, 6.07) is 6.86. The van der Waals surface area contributed by atoms with Gasteiger partial charge in [0.25, 0.3) is 5.56 Å². The Labute approximate surface area is 215 Å². The van der Waals surface area contributed by atoms with Crippen molar-refractivity contribution in [3.05, 3.63) is 81.8 Å². The van der Waals surface area contributed by atoms with E-state index in [2.05, 4.69) is 10.6 Å². The van der Waals surface area contributed by atoms with Gasteiger partial charge in [0.1, 0.15) is 17.3 Å². The number of urea groups is 1. The summed E-state index contributed by atoms with van der Waals surface area (Å²) in [6.07, 6.45) is 0.724. The van der Waals surface area contributed by atoms with E-state index in [9.17, 15) is 33.4 Å². The van der Waals surface area contributed by atoms with Gasteiger partial charge in [-0.3, -0.25) is 9.59 Å². The van der Waals surface area contributed by atoms with Crippen LogP contribution >= 0.6 is 0 Å². The van der Waals surface area contributed by atoms with Crippen LogP contribution < -0.4 is 50.9 Å². The van der Waals surface area contributed by atoms with Crippen LogP contribution in [0.4, 0.5) is 19.3 Å². The number of carbonyl (C=O) groups excluding carboxylic acids is 1. The number of aryl methyl sites for hydroxylation is 2. The van der Waals surface area contributed by atoms with Crippen molar-refractivity contribution < 1.29 is 58.1 Å². The molecular formula is C23H20F2N3NaO5. The molecule has 0 fully saturated rings. The van der Waals surface area contributed by atoms with Crippen LogP contribution in [-0.4, -0.2) is 21.7 Å². The van der Waals surface area contributed by atoms with E-state index in [0.29, 0.717) is 16.7 Å².